The van der Waals surface area contributed by atoms with E-state index >= 15 is 0 Å². The van der Waals surface area contributed by atoms with Gasteiger partial charge in [0.05, 0.1) is 19.6 Å². The Kier molecular flexibility index (Phi) is 9.22. The van der Waals surface area contributed by atoms with Crippen LogP contribution >= 0.6 is 12.4 Å². The number of hydrogen-bond donors (Lipinski definition) is 2. The summed E-state index contributed by atoms with van der Waals surface area (Å²) in [6.07, 6.45) is 3.25. The Balaban J connectivity index is 0.00000280. The van der Waals surface area contributed by atoms with Crippen molar-refractivity contribution in [3.05, 3.63) is 29.8 Å². The van der Waals surface area contributed by atoms with E-state index in [1.807, 2.05) is 29.2 Å². The summed E-state index contributed by atoms with van der Waals surface area (Å²) in [7, 11) is 0. The first kappa shape index (κ1) is 22.7. The zero-order valence-corrected chi connectivity index (χ0v) is 17.4. The first-order valence-corrected chi connectivity index (χ1v) is 10.1. The Bertz CT molecular complexity index is 626. The van der Waals surface area contributed by atoms with Crippen LogP contribution in [0.2, 0.25) is 0 Å². The van der Waals surface area contributed by atoms with Gasteiger partial charge in [-0.2, -0.15) is 0 Å². The van der Waals surface area contributed by atoms with Crippen LogP contribution in [0.4, 0.5) is 5.69 Å². The van der Waals surface area contributed by atoms with Gasteiger partial charge in [-0.15, -0.1) is 12.4 Å². The molecular weight excluding hydrogens is 378 g/mol. The number of benzene rings is 1. The molecule has 0 spiro atoms. The fourth-order valence-electron chi connectivity index (χ4n) is 3.89. The van der Waals surface area contributed by atoms with Crippen LogP contribution in [0.1, 0.15) is 31.7 Å². The Hall–Kier alpha value is -1.63. The van der Waals surface area contributed by atoms with Crippen LogP contribution in [0.3, 0.4) is 0 Å². The molecule has 28 heavy (non-hydrogen) atoms. The molecule has 156 valence electrons. The molecule has 0 saturated carbocycles. The Morgan fingerprint density at radius 2 is 1.82 bits per heavy atom. The zero-order chi connectivity index (χ0) is 19.1. The Morgan fingerprint density at radius 3 is 2.46 bits per heavy atom. The zero-order valence-electron chi connectivity index (χ0n) is 16.6. The van der Waals surface area contributed by atoms with Gasteiger partial charge in [0.1, 0.15) is 0 Å². The molecule has 7 heteroatoms. The molecule has 0 radical (unpaired) electrons. The molecule has 2 saturated heterocycles. The number of hydrogen-bond acceptors (Lipinski definition) is 4. The molecule has 0 bridgehead atoms. The highest BCUT2D eigenvalue weighted by atomic mass is 35.5. The topological polar surface area (TPSA) is 70.7 Å². The summed E-state index contributed by atoms with van der Waals surface area (Å²) in [5.41, 5.74) is 1.76. The van der Waals surface area contributed by atoms with Crippen LogP contribution in [0.5, 0.6) is 0 Å². The van der Waals surface area contributed by atoms with E-state index in [4.69, 9.17) is 4.74 Å². The molecule has 1 unspecified atom stereocenters. The highest BCUT2D eigenvalue weighted by molar-refractivity contribution is 5.91. The van der Waals surface area contributed by atoms with E-state index in [0.29, 0.717) is 51.0 Å². The van der Waals surface area contributed by atoms with Gasteiger partial charge in [-0.1, -0.05) is 19.1 Å². The summed E-state index contributed by atoms with van der Waals surface area (Å²) in [5, 5.41) is 6.36. The summed E-state index contributed by atoms with van der Waals surface area (Å²) < 4.78 is 5.28. The largest absolute Gasteiger partial charge is 0.378 e. The van der Waals surface area contributed by atoms with Gasteiger partial charge < -0.3 is 20.3 Å². The van der Waals surface area contributed by atoms with Gasteiger partial charge in [-0.25, -0.2) is 0 Å². The summed E-state index contributed by atoms with van der Waals surface area (Å²) in [6.45, 7) is 6.86. The van der Waals surface area contributed by atoms with E-state index in [1.165, 1.54) is 0 Å². The van der Waals surface area contributed by atoms with E-state index in [9.17, 15) is 9.59 Å². The van der Waals surface area contributed by atoms with Crippen molar-refractivity contribution < 1.29 is 14.3 Å². The maximum atomic E-state index is 12.3. The second-order valence-electron chi connectivity index (χ2n) is 7.68. The van der Waals surface area contributed by atoms with Crippen molar-refractivity contribution in [2.45, 2.75) is 32.6 Å². The van der Waals surface area contributed by atoms with Crippen LogP contribution in [0, 0.1) is 11.8 Å². The summed E-state index contributed by atoms with van der Waals surface area (Å²) in [4.78, 5) is 26.5. The molecule has 0 aliphatic carbocycles. The van der Waals surface area contributed by atoms with Gasteiger partial charge in [0.2, 0.25) is 11.8 Å². The number of nitrogens with zero attached hydrogens (tertiary/aromatic N) is 1. The van der Waals surface area contributed by atoms with E-state index in [0.717, 1.165) is 37.2 Å². The molecular formula is C21H32ClN3O3. The first-order valence-electron chi connectivity index (χ1n) is 10.1. The lowest BCUT2D eigenvalue weighted by atomic mass is 9.84. The second kappa shape index (κ2) is 11.4. The molecule has 6 nitrogen and oxygen atoms in total. The van der Waals surface area contributed by atoms with Crippen molar-refractivity contribution in [3.63, 3.8) is 0 Å². The number of nitrogens with one attached hydrogen (secondary N) is 2. The van der Waals surface area contributed by atoms with Crippen LogP contribution in [-0.4, -0.2) is 56.1 Å². The molecule has 2 aliphatic rings. The van der Waals surface area contributed by atoms with E-state index in [-0.39, 0.29) is 24.2 Å². The van der Waals surface area contributed by atoms with E-state index < -0.39 is 0 Å². The lowest BCUT2D eigenvalue weighted by Gasteiger charge is -2.27. The minimum Gasteiger partial charge on any atom is -0.378 e. The molecule has 1 aromatic rings. The molecule has 0 aromatic heterocycles. The van der Waals surface area contributed by atoms with Crippen molar-refractivity contribution in [3.8, 4) is 0 Å². The van der Waals surface area contributed by atoms with Crippen molar-refractivity contribution in [1.29, 1.82) is 0 Å². The van der Waals surface area contributed by atoms with Crippen LogP contribution in [0.15, 0.2) is 24.3 Å². The van der Waals surface area contributed by atoms with Crippen molar-refractivity contribution in [2.24, 2.45) is 11.8 Å². The number of morpholine rings is 1. The van der Waals surface area contributed by atoms with Gasteiger partial charge >= 0.3 is 0 Å². The fourth-order valence-corrected chi connectivity index (χ4v) is 3.89. The number of rotatable bonds is 6. The second-order valence-corrected chi connectivity index (χ2v) is 7.68. The van der Waals surface area contributed by atoms with Gasteiger partial charge in [0.25, 0.3) is 0 Å². The number of carbonyl (C=O) groups is 2. The molecule has 1 atom stereocenters. The number of ether oxygens (including phenoxy) is 1. The minimum absolute atomic E-state index is 0. The predicted molar refractivity (Wildman–Crippen MR) is 113 cm³/mol. The monoisotopic (exact) mass is 409 g/mol. The van der Waals surface area contributed by atoms with Crippen molar-refractivity contribution >= 4 is 29.9 Å². The highest BCUT2D eigenvalue weighted by Gasteiger charge is 2.22. The summed E-state index contributed by atoms with van der Waals surface area (Å²) >= 11 is 0. The molecule has 2 fully saturated rings. The standard InChI is InChI=1S/C21H31N3O3.ClH/c1-16(18-6-8-22-9-7-18)14-20(25)23-19-4-2-17(3-5-19)15-21(26)24-10-12-27-13-11-24;/h2-5,16,18,22H,6-15H2,1H3,(H,23,25);1H. The first-order chi connectivity index (χ1) is 13.1. The fraction of sp³-hybridized carbons (Fsp3) is 0.619. The predicted octanol–water partition coefficient (Wildman–Crippen LogP) is 2.47. The maximum Gasteiger partial charge on any atom is 0.227 e. The van der Waals surface area contributed by atoms with Crippen LogP contribution in [-0.2, 0) is 20.7 Å². The number of carbonyl (C=O) groups excluding carboxylic acids is 2. The third-order valence-corrected chi connectivity index (χ3v) is 5.65. The van der Waals surface area contributed by atoms with Crippen molar-refractivity contribution in [1.82, 2.24) is 10.2 Å². The lowest BCUT2D eigenvalue weighted by molar-refractivity contribution is -0.134. The molecule has 2 aliphatic heterocycles. The third-order valence-electron chi connectivity index (χ3n) is 5.65. The molecule has 2 N–H and O–H groups in total. The molecule has 3 rings (SSSR count). The molecule has 2 heterocycles. The van der Waals surface area contributed by atoms with Crippen LogP contribution in [0.25, 0.3) is 0 Å². The summed E-state index contributed by atoms with van der Waals surface area (Å²) in [6, 6.07) is 7.61. The quantitative estimate of drug-likeness (QED) is 0.757. The Morgan fingerprint density at radius 1 is 1.18 bits per heavy atom. The van der Waals surface area contributed by atoms with Gasteiger partial charge in [0, 0.05) is 25.2 Å². The van der Waals surface area contributed by atoms with E-state index in [2.05, 4.69) is 17.6 Å². The SMILES string of the molecule is CC(CC(=O)Nc1ccc(CC(=O)N2CCOCC2)cc1)C1CCNCC1.Cl. The maximum absolute atomic E-state index is 12.3. The number of amides is 2. The number of anilines is 1. The van der Waals surface area contributed by atoms with Crippen molar-refractivity contribution in [2.75, 3.05) is 44.7 Å². The van der Waals surface area contributed by atoms with Gasteiger partial charge in [-0.3, -0.25) is 9.59 Å². The summed E-state index contributed by atoms with van der Waals surface area (Å²) in [5.74, 6) is 1.23. The molecule has 2 amide bonds. The lowest BCUT2D eigenvalue weighted by Crippen LogP contribution is -2.41. The Labute approximate surface area is 173 Å². The molecule has 1 aromatic carbocycles. The average Bonchev–Trinajstić information content (AvgIpc) is 2.70. The normalized spacial score (nSPS) is 18.8. The highest BCUT2D eigenvalue weighted by Crippen LogP contribution is 2.24. The van der Waals surface area contributed by atoms with Crippen LogP contribution < -0.4 is 10.6 Å². The third kappa shape index (κ3) is 6.76. The number of halogens is 1. The minimum atomic E-state index is 0. The average molecular weight is 410 g/mol. The smallest absolute Gasteiger partial charge is 0.227 e. The van der Waals surface area contributed by atoms with E-state index in [1.54, 1.807) is 0 Å². The van der Waals surface area contributed by atoms with Gasteiger partial charge in [-0.05, 0) is 55.5 Å². The number of piperidine rings is 1. The van der Waals surface area contributed by atoms with Gasteiger partial charge in [0.15, 0.2) is 0 Å².